The molecule has 0 aromatic rings. The van der Waals surface area contributed by atoms with Crippen molar-refractivity contribution < 1.29 is 19.4 Å². The van der Waals surface area contributed by atoms with Gasteiger partial charge in [0.2, 0.25) is 5.91 Å². The van der Waals surface area contributed by atoms with Gasteiger partial charge in [-0.1, -0.05) is 6.08 Å². The molecule has 0 aromatic carbocycles. The van der Waals surface area contributed by atoms with Crippen LogP contribution in [0.15, 0.2) is 11.8 Å². The number of morpholine rings is 1. The molecular formula is C15H24N2O4. The quantitative estimate of drug-likeness (QED) is 0.794. The molecule has 0 aromatic heterocycles. The highest BCUT2D eigenvalue weighted by Crippen LogP contribution is 2.21. The Morgan fingerprint density at radius 2 is 2.33 bits per heavy atom. The number of likely N-dealkylation sites (N-methyl/N-ethyl adjacent to an activating group) is 1. The average molecular weight is 296 g/mol. The summed E-state index contributed by atoms with van der Waals surface area (Å²) in [5.74, 6) is -0.763. The molecule has 21 heavy (non-hydrogen) atoms. The summed E-state index contributed by atoms with van der Waals surface area (Å²) in [6.45, 7) is 4.69. The molecule has 1 amide bonds. The van der Waals surface area contributed by atoms with E-state index in [9.17, 15) is 9.59 Å². The molecule has 1 aliphatic carbocycles. The number of allylic oxidation sites excluding steroid dienone is 2. The fourth-order valence-corrected chi connectivity index (χ4v) is 2.96. The molecule has 1 atom stereocenters. The molecule has 1 saturated heterocycles. The summed E-state index contributed by atoms with van der Waals surface area (Å²) >= 11 is 0. The molecule has 1 aliphatic heterocycles. The van der Waals surface area contributed by atoms with Crippen LogP contribution in [0.3, 0.4) is 0 Å². The van der Waals surface area contributed by atoms with E-state index in [1.54, 1.807) is 0 Å². The summed E-state index contributed by atoms with van der Waals surface area (Å²) in [5.41, 5.74) is 1.14. The van der Waals surface area contributed by atoms with Gasteiger partial charge in [-0.05, 0) is 26.2 Å². The number of amides is 1. The van der Waals surface area contributed by atoms with Gasteiger partial charge in [0, 0.05) is 25.3 Å². The van der Waals surface area contributed by atoms with E-state index in [4.69, 9.17) is 9.84 Å². The van der Waals surface area contributed by atoms with E-state index in [1.807, 2.05) is 16.7 Å². The van der Waals surface area contributed by atoms with Crippen LogP contribution in [-0.2, 0) is 14.3 Å². The van der Waals surface area contributed by atoms with Crippen molar-refractivity contribution in [3.05, 3.63) is 11.8 Å². The highest BCUT2D eigenvalue weighted by molar-refractivity contribution is 5.80. The highest BCUT2D eigenvalue weighted by atomic mass is 16.5. The Bertz CT molecular complexity index is 422. The number of aliphatic carboxylic acids is 1. The number of hydrogen-bond donors (Lipinski definition) is 1. The van der Waals surface area contributed by atoms with Crippen LogP contribution in [0.2, 0.25) is 0 Å². The average Bonchev–Trinajstić information content (AvgIpc) is 2.93. The van der Waals surface area contributed by atoms with Gasteiger partial charge in [-0.15, -0.1) is 0 Å². The number of carboxylic acid groups (broad SMARTS) is 1. The summed E-state index contributed by atoms with van der Waals surface area (Å²) in [7, 11) is 0. The van der Waals surface area contributed by atoms with Crippen LogP contribution >= 0.6 is 0 Å². The Labute approximate surface area is 125 Å². The van der Waals surface area contributed by atoms with Crippen molar-refractivity contribution in [1.82, 2.24) is 9.80 Å². The topological polar surface area (TPSA) is 70.1 Å². The normalized spacial score (nSPS) is 22.9. The molecule has 0 radical (unpaired) electrons. The van der Waals surface area contributed by atoms with E-state index in [0.717, 1.165) is 25.0 Å². The van der Waals surface area contributed by atoms with E-state index in [0.29, 0.717) is 32.8 Å². The van der Waals surface area contributed by atoms with Gasteiger partial charge in [-0.2, -0.15) is 0 Å². The van der Waals surface area contributed by atoms with Crippen LogP contribution in [0.1, 0.15) is 32.6 Å². The lowest BCUT2D eigenvalue weighted by Gasteiger charge is -2.33. The molecule has 6 nitrogen and oxygen atoms in total. The molecule has 118 valence electrons. The Hall–Kier alpha value is -1.40. The van der Waals surface area contributed by atoms with E-state index < -0.39 is 5.97 Å². The molecule has 2 rings (SSSR count). The largest absolute Gasteiger partial charge is 0.481 e. The third kappa shape index (κ3) is 4.54. The summed E-state index contributed by atoms with van der Waals surface area (Å²) < 4.78 is 5.43. The maximum Gasteiger partial charge on any atom is 0.306 e. The number of nitrogens with zero attached hydrogens (tertiary/aromatic N) is 2. The van der Waals surface area contributed by atoms with Crippen molar-refractivity contribution in [1.29, 1.82) is 0 Å². The first-order valence-electron chi connectivity index (χ1n) is 7.65. The summed E-state index contributed by atoms with van der Waals surface area (Å²) in [6.07, 6.45) is 4.98. The zero-order valence-corrected chi connectivity index (χ0v) is 12.6. The van der Waals surface area contributed by atoms with Crippen molar-refractivity contribution >= 4 is 11.9 Å². The Morgan fingerprint density at radius 1 is 1.52 bits per heavy atom. The van der Waals surface area contributed by atoms with Crippen LogP contribution in [-0.4, -0.2) is 65.7 Å². The molecule has 6 heteroatoms. The smallest absolute Gasteiger partial charge is 0.306 e. The monoisotopic (exact) mass is 296 g/mol. The molecule has 0 saturated carbocycles. The van der Waals surface area contributed by atoms with Crippen LogP contribution in [0, 0.1) is 0 Å². The second-order valence-corrected chi connectivity index (χ2v) is 5.55. The maximum absolute atomic E-state index is 12.4. The fraction of sp³-hybridized carbons (Fsp3) is 0.733. The van der Waals surface area contributed by atoms with E-state index >= 15 is 0 Å². The van der Waals surface area contributed by atoms with Crippen LogP contribution < -0.4 is 0 Å². The Morgan fingerprint density at radius 3 is 2.95 bits per heavy atom. The maximum atomic E-state index is 12.4. The first-order valence-corrected chi connectivity index (χ1v) is 7.65. The van der Waals surface area contributed by atoms with Gasteiger partial charge in [-0.25, -0.2) is 0 Å². The third-order valence-corrected chi connectivity index (χ3v) is 3.97. The molecule has 1 unspecified atom stereocenters. The lowest BCUT2D eigenvalue weighted by atomic mass is 10.2. The number of hydrogen-bond acceptors (Lipinski definition) is 4. The summed E-state index contributed by atoms with van der Waals surface area (Å²) in [4.78, 5) is 27.0. The van der Waals surface area contributed by atoms with Crippen LogP contribution in [0.25, 0.3) is 0 Å². The number of ether oxygens (including phenoxy) is 1. The minimum absolute atomic E-state index is 0.00661. The van der Waals surface area contributed by atoms with Gasteiger partial charge < -0.3 is 14.7 Å². The predicted molar refractivity (Wildman–Crippen MR) is 77.8 cm³/mol. The van der Waals surface area contributed by atoms with Crippen LogP contribution in [0.4, 0.5) is 0 Å². The predicted octanol–water partition coefficient (Wildman–Crippen LogP) is 1.08. The molecule has 0 bridgehead atoms. The van der Waals surface area contributed by atoms with E-state index in [2.05, 4.69) is 6.08 Å². The zero-order chi connectivity index (χ0) is 15.2. The van der Waals surface area contributed by atoms with Gasteiger partial charge >= 0.3 is 5.97 Å². The van der Waals surface area contributed by atoms with Crippen LogP contribution in [0.5, 0.6) is 0 Å². The van der Waals surface area contributed by atoms with Crippen molar-refractivity contribution in [3.8, 4) is 0 Å². The first-order chi connectivity index (χ1) is 10.1. The van der Waals surface area contributed by atoms with Crippen molar-refractivity contribution in [2.24, 2.45) is 0 Å². The van der Waals surface area contributed by atoms with Crippen molar-refractivity contribution in [3.63, 3.8) is 0 Å². The number of carboxylic acids is 1. The Balaban J connectivity index is 1.87. The minimum Gasteiger partial charge on any atom is -0.481 e. The molecule has 0 spiro atoms. The van der Waals surface area contributed by atoms with E-state index in [-0.39, 0.29) is 18.4 Å². The minimum atomic E-state index is -0.862. The summed E-state index contributed by atoms with van der Waals surface area (Å²) in [6, 6.07) is 0. The molecule has 1 N–H and O–H groups in total. The second-order valence-electron chi connectivity index (χ2n) is 5.55. The van der Waals surface area contributed by atoms with Crippen molar-refractivity contribution in [2.75, 3.05) is 32.8 Å². The van der Waals surface area contributed by atoms with Crippen molar-refractivity contribution in [2.45, 2.75) is 38.7 Å². The molecule has 1 heterocycles. The zero-order valence-electron chi connectivity index (χ0n) is 12.6. The van der Waals surface area contributed by atoms with Gasteiger partial charge in [0.1, 0.15) is 0 Å². The van der Waals surface area contributed by atoms with E-state index in [1.165, 1.54) is 0 Å². The standard InChI is InChI=1S/C15H24N2O4/c1-2-17(12-5-3-4-6-12)14(18)11-16-7-8-21-13(10-16)9-15(19)20/h5,13H,2-4,6-11H2,1H3,(H,19,20). The number of carbonyl (C=O) groups excluding carboxylic acids is 1. The number of carbonyl (C=O) groups is 2. The first kappa shape index (κ1) is 16.0. The number of rotatable bonds is 6. The lowest BCUT2D eigenvalue weighted by molar-refractivity contribution is -0.142. The SMILES string of the molecule is CCN(C(=O)CN1CCOC(CC(=O)O)C1)C1=CCCC1. The molecule has 1 fully saturated rings. The Kier molecular flexibility index (Phi) is 5.76. The second kappa shape index (κ2) is 7.56. The van der Waals surface area contributed by atoms with Gasteiger partial charge in [0.05, 0.1) is 25.7 Å². The third-order valence-electron chi connectivity index (χ3n) is 3.97. The highest BCUT2D eigenvalue weighted by Gasteiger charge is 2.26. The van der Waals surface area contributed by atoms with Gasteiger partial charge in [0.25, 0.3) is 0 Å². The lowest BCUT2D eigenvalue weighted by Crippen LogP contribution is -2.48. The fourth-order valence-electron chi connectivity index (χ4n) is 2.96. The molecule has 2 aliphatic rings. The molecular weight excluding hydrogens is 272 g/mol. The van der Waals surface area contributed by atoms with Gasteiger partial charge in [-0.3, -0.25) is 14.5 Å². The summed E-state index contributed by atoms with van der Waals surface area (Å²) in [5, 5.41) is 8.82. The van der Waals surface area contributed by atoms with Gasteiger partial charge in [0.15, 0.2) is 0 Å².